The molecule has 1 aliphatic heterocycles. The van der Waals surface area contributed by atoms with Gasteiger partial charge in [-0.2, -0.15) is 0 Å². The molecule has 2 heterocycles. The van der Waals surface area contributed by atoms with Crippen molar-refractivity contribution in [1.82, 2.24) is 9.88 Å². The monoisotopic (exact) mass is 384 g/mol. The molecule has 1 saturated heterocycles. The molecule has 0 spiro atoms. The predicted molar refractivity (Wildman–Crippen MR) is 90.1 cm³/mol. The summed E-state index contributed by atoms with van der Waals surface area (Å²) < 4.78 is 0.849. The van der Waals surface area contributed by atoms with Gasteiger partial charge in [0.05, 0.1) is 15.6 Å². The van der Waals surface area contributed by atoms with Gasteiger partial charge in [-0.05, 0) is 53.4 Å². The highest BCUT2D eigenvalue weighted by molar-refractivity contribution is 9.10. The van der Waals surface area contributed by atoms with Crippen LogP contribution >= 0.6 is 38.9 Å². The number of benzene rings is 1. The Labute approximate surface area is 141 Å². The molecular weight excluding hydrogens is 372 g/mol. The zero-order valence-corrected chi connectivity index (χ0v) is 14.7. The maximum absolute atomic E-state index is 12.4. The van der Waals surface area contributed by atoms with E-state index in [1.165, 1.54) is 11.3 Å². The first kappa shape index (κ1) is 15.0. The number of halogens is 2. The molecule has 0 saturated carbocycles. The molecule has 3 nitrogen and oxygen atoms in total. The van der Waals surface area contributed by atoms with Gasteiger partial charge in [0, 0.05) is 17.6 Å². The number of carbonyl (C=O) groups is 1. The van der Waals surface area contributed by atoms with E-state index in [1.807, 2.05) is 30.0 Å². The largest absolute Gasteiger partial charge is 0.337 e. The van der Waals surface area contributed by atoms with E-state index in [1.54, 1.807) is 0 Å². The van der Waals surface area contributed by atoms with Crippen LogP contribution in [0.3, 0.4) is 0 Å². The van der Waals surface area contributed by atoms with Crippen molar-refractivity contribution in [2.45, 2.75) is 19.8 Å². The van der Waals surface area contributed by atoms with Crippen LogP contribution in [0.25, 0.3) is 10.4 Å². The van der Waals surface area contributed by atoms with Crippen LogP contribution in [-0.4, -0.2) is 28.9 Å². The Kier molecular flexibility index (Phi) is 4.33. The fourth-order valence-corrected chi connectivity index (χ4v) is 3.98. The maximum Gasteiger partial charge on any atom is 0.282 e. The van der Waals surface area contributed by atoms with Crippen molar-refractivity contribution in [2.75, 3.05) is 13.1 Å². The van der Waals surface area contributed by atoms with Gasteiger partial charge in [0.25, 0.3) is 5.91 Å². The zero-order chi connectivity index (χ0) is 15.0. The fourth-order valence-electron chi connectivity index (χ4n) is 2.45. The van der Waals surface area contributed by atoms with Gasteiger partial charge < -0.3 is 4.90 Å². The number of nitrogens with zero attached hydrogens (tertiary/aromatic N) is 2. The summed E-state index contributed by atoms with van der Waals surface area (Å²) in [6.45, 7) is 3.63. The number of aryl methyl sites for hydroxylation is 1. The van der Waals surface area contributed by atoms with Crippen molar-refractivity contribution in [3.05, 3.63) is 38.4 Å². The zero-order valence-electron chi connectivity index (χ0n) is 11.5. The van der Waals surface area contributed by atoms with E-state index in [-0.39, 0.29) is 5.91 Å². The first-order chi connectivity index (χ1) is 10.1. The standard InChI is InChI=1S/C15H14BrClN2OS/c1-9-13(10-4-5-12(17)11(16)8-10)21-14(18-9)15(20)19-6-2-3-7-19/h4-5,8H,2-3,6-7H2,1H3. The minimum Gasteiger partial charge on any atom is -0.337 e. The van der Waals surface area contributed by atoms with Crippen LogP contribution < -0.4 is 0 Å². The van der Waals surface area contributed by atoms with Crippen molar-refractivity contribution < 1.29 is 4.79 Å². The molecule has 0 bridgehead atoms. The van der Waals surface area contributed by atoms with E-state index in [0.717, 1.165) is 46.5 Å². The third kappa shape index (κ3) is 3.00. The second kappa shape index (κ2) is 6.07. The molecule has 1 aromatic heterocycles. The van der Waals surface area contributed by atoms with Crippen LogP contribution in [0.5, 0.6) is 0 Å². The van der Waals surface area contributed by atoms with E-state index in [4.69, 9.17) is 11.6 Å². The highest BCUT2D eigenvalue weighted by Crippen LogP contribution is 2.34. The minimum atomic E-state index is 0.0554. The molecule has 110 valence electrons. The summed E-state index contributed by atoms with van der Waals surface area (Å²) >= 11 is 10.9. The van der Waals surface area contributed by atoms with E-state index >= 15 is 0 Å². The van der Waals surface area contributed by atoms with Gasteiger partial charge in [-0.1, -0.05) is 17.7 Å². The first-order valence-electron chi connectivity index (χ1n) is 6.78. The summed E-state index contributed by atoms with van der Waals surface area (Å²) in [7, 11) is 0. The summed E-state index contributed by atoms with van der Waals surface area (Å²) in [5.41, 5.74) is 1.92. The van der Waals surface area contributed by atoms with Crippen LogP contribution in [0, 0.1) is 6.92 Å². The number of carbonyl (C=O) groups excluding carboxylic acids is 1. The van der Waals surface area contributed by atoms with Crippen LogP contribution in [0.2, 0.25) is 5.02 Å². The number of rotatable bonds is 2. The Morgan fingerprint density at radius 2 is 2.10 bits per heavy atom. The summed E-state index contributed by atoms with van der Waals surface area (Å²) in [5, 5.41) is 1.25. The Morgan fingerprint density at radius 3 is 2.76 bits per heavy atom. The van der Waals surface area contributed by atoms with Gasteiger partial charge in [-0.15, -0.1) is 11.3 Å². The van der Waals surface area contributed by atoms with E-state index in [0.29, 0.717) is 10.0 Å². The molecule has 1 fully saturated rings. The molecule has 0 unspecified atom stereocenters. The lowest BCUT2D eigenvalue weighted by Gasteiger charge is -2.12. The molecular formula is C15H14BrClN2OS. The molecule has 1 aromatic carbocycles. The molecule has 0 atom stereocenters. The SMILES string of the molecule is Cc1nc(C(=O)N2CCCC2)sc1-c1ccc(Cl)c(Br)c1. The lowest BCUT2D eigenvalue weighted by atomic mass is 10.2. The van der Waals surface area contributed by atoms with Gasteiger partial charge in [-0.25, -0.2) is 4.98 Å². The number of hydrogen-bond donors (Lipinski definition) is 0. The van der Waals surface area contributed by atoms with Gasteiger partial charge in [0.15, 0.2) is 5.01 Å². The number of likely N-dealkylation sites (tertiary alicyclic amines) is 1. The molecule has 2 aromatic rings. The quantitative estimate of drug-likeness (QED) is 0.746. The minimum absolute atomic E-state index is 0.0554. The molecule has 0 aliphatic carbocycles. The molecule has 3 rings (SSSR count). The van der Waals surface area contributed by atoms with Gasteiger partial charge in [0.1, 0.15) is 0 Å². The van der Waals surface area contributed by atoms with Gasteiger partial charge in [0.2, 0.25) is 0 Å². The Hall–Kier alpha value is -0.910. The number of amides is 1. The average Bonchev–Trinajstić information content (AvgIpc) is 3.10. The predicted octanol–water partition coefficient (Wildman–Crippen LogP) is 4.77. The average molecular weight is 386 g/mol. The fraction of sp³-hybridized carbons (Fsp3) is 0.333. The third-order valence-electron chi connectivity index (χ3n) is 3.55. The van der Waals surface area contributed by atoms with Crippen LogP contribution in [0.4, 0.5) is 0 Å². The van der Waals surface area contributed by atoms with Crippen molar-refractivity contribution in [3.8, 4) is 10.4 Å². The number of aromatic nitrogens is 1. The molecule has 0 radical (unpaired) electrons. The van der Waals surface area contributed by atoms with Crippen molar-refractivity contribution in [2.24, 2.45) is 0 Å². The van der Waals surface area contributed by atoms with Crippen LogP contribution in [0.15, 0.2) is 22.7 Å². The molecule has 21 heavy (non-hydrogen) atoms. The second-order valence-electron chi connectivity index (χ2n) is 5.06. The third-order valence-corrected chi connectivity index (χ3v) is 5.96. The highest BCUT2D eigenvalue weighted by Gasteiger charge is 2.23. The first-order valence-corrected chi connectivity index (χ1v) is 8.77. The normalized spacial score (nSPS) is 14.7. The second-order valence-corrected chi connectivity index (χ2v) is 7.32. The summed E-state index contributed by atoms with van der Waals surface area (Å²) in [6.07, 6.45) is 2.18. The number of hydrogen-bond acceptors (Lipinski definition) is 3. The lowest BCUT2D eigenvalue weighted by Crippen LogP contribution is -2.27. The summed E-state index contributed by atoms with van der Waals surface area (Å²) in [5.74, 6) is 0.0554. The van der Waals surface area contributed by atoms with Crippen molar-refractivity contribution >= 4 is 44.8 Å². The van der Waals surface area contributed by atoms with Crippen LogP contribution in [-0.2, 0) is 0 Å². The van der Waals surface area contributed by atoms with Crippen LogP contribution in [0.1, 0.15) is 28.3 Å². The summed E-state index contributed by atoms with van der Waals surface area (Å²) in [6, 6.07) is 5.77. The smallest absolute Gasteiger partial charge is 0.282 e. The van der Waals surface area contributed by atoms with Crippen molar-refractivity contribution in [3.63, 3.8) is 0 Å². The lowest BCUT2D eigenvalue weighted by molar-refractivity contribution is 0.0792. The van der Waals surface area contributed by atoms with Crippen molar-refractivity contribution in [1.29, 1.82) is 0 Å². The number of thiazole rings is 1. The Morgan fingerprint density at radius 1 is 1.38 bits per heavy atom. The molecule has 6 heteroatoms. The molecule has 1 amide bonds. The van der Waals surface area contributed by atoms with E-state index < -0.39 is 0 Å². The maximum atomic E-state index is 12.4. The molecule has 0 N–H and O–H groups in total. The van der Waals surface area contributed by atoms with Gasteiger partial charge >= 0.3 is 0 Å². The molecule has 1 aliphatic rings. The summed E-state index contributed by atoms with van der Waals surface area (Å²) in [4.78, 5) is 19.8. The Balaban J connectivity index is 1.93. The Bertz CT molecular complexity index is 695. The van der Waals surface area contributed by atoms with Gasteiger partial charge in [-0.3, -0.25) is 4.79 Å². The van der Waals surface area contributed by atoms with E-state index in [9.17, 15) is 4.79 Å². The highest BCUT2D eigenvalue weighted by atomic mass is 79.9. The topological polar surface area (TPSA) is 33.2 Å². The van der Waals surface area contributed by atoms with E-state index in [2.05, 4.69) is 20.9 Å².